The number of hydrogen-bond acceptors (Lipinski definition) is 4. The number of aliphatic hydroxyl groups excluding tert-OH is 1. The Morgan fingerprint density at radius 1 is 1.47 bits per heavy atom. The fraction of sp³-hybridized carbons (Fsp3) is 0.417. The highest BCUT2D eigenvalue weighted by Crippen LogP contribution is 2.22. The molecule has 1 N–H and O–H groups in total. The summed E-state index contributed by atoms with van der Waals surface area (Å²) in [4.78, 5) is 11.5. The van der Waals surface area contributed by atoms with Crippen LogP contribution in [0.3, 0.4) is 0 Å². The third-order valence-corrected chi connectivity index (χ3v) is 2.55. The maximum absolute atomic E-state index is 13.2. The van der Waals surface area contributed by atoms with E-state index >= 15 is 0 Å². The van der Waals surface area contributed by atoms with E-state index in [-0.39, 0.29) is 13.0 Å². The summed E-state index contributed by atoms with van der Waals surface area (Å²) in [5.74, 6) is -0.525. The van der Waals surface area contributed by atoms with Crippen LogP contribution in [0.1, 0.15) is 16.8 Å². The minimum absolute atomic E-state index is 0.0758. The van der Waals surface area contributed by atoms with Crippen LogP contribution >= 0.6 is 0 Å². The molecule has 1 aliphatic rings. The summed E-state index contributed by atoms with van der Waals surface area (Å²) < 4.78 is 23.0. The van der Waals surface area contributed by atoms with Gasteiger partial charge in [0.15, 0.2) is 6.29 Å². The molecular weight excluding hydrogens is 227 g/mol. The summed E-state index contributed by atoms with van der Waals surface area (Å²) in [5.41, 5.74) is 0.404. The van der Waals surface area contributed by atoms with Gasteiger partial charge >= 0.3 is 5.97 Å². The zero-order valence-corrected chi connectivity index (χ0v) is 9.08. The van der Waals surface area contributed by atoms with Crippen molar-refractivity contribution in [3.8, 4) is 0 Å². The first-order valence-corrected chi connectivity index (χ1v) is 5.36. The molecule has 3 atom stereocenters. The van der Waals surface area contributed by atoms with Gasteiger partial charge in [-0.1, -0.05) is 18.2 Å². The third-order valence-electron chi connectivity index (χ3n) is 2.55. The van der Waals surface area contributed by atoms with Crippen molar-refractivity contribution >= 4 is 5.97 Å². The monoisotopic (exact) mass is 240 g/mol. The summed E-state index contributed by atoms with van der Waals surface area (Å²) in [6.07, 6.45) is -3.36. The Labute approximate surface area is 98.0 Å². The van der Waals surface area contributed by atoms with Crippen LogP contribution in [0.2, 0.25) is 0 Å². The van der Waals surface area contributed by atoms with Gasteiger partial charge in [-0.15, -0.1) is 0 Å². The van der Waals surface area contributed by atoms with E-state index in [1.165, 1.54) is 0 Å². The van der Waals surface area contributed by atoms with Gasteiger partial charge in [0.05, 0.1) is 5.56 Å². The first-order chi connectivity index (χ1) is 8.16. The highest BCUT2D eigenvalue weighted by molar-refractivity contribution is 5.89. The van der Waals surface area contributed by atoms with Crippen molar-refractivity contribution < 1.29 is 23.8 Å². The lowest BCUT2D eigenvalue weighted by atomic mass is 10.2. The number of carbonyl (C=O) groups is 1. The molecule has 5 heteroatoms. The number of aliphatic hydroxyl groups is 1. The quantitative estimate of drug-likeness (QED) is 0.809. The maximum Gasteiger partial charge on any atom is 0.338 e. The molecule has 0 saturated carbocycles. The maximum atomic E-state index is 13.2. The van der Waals surface area contributed by atoms with Crippen molar-refractivity contribution in [3.05, 3.63) is 35.9 Å². The number of rotatable bonds is 3. The largest absolute Gasteiger partial charge is 0.459 e. The molecule has 92 valence electrons. The number of hydrogen-bond donors (Lipinski definition) is 1. The lowest BCUT2D eigenvalue weighted by Crippen LogP contribution is -2.25. The first kappa shape index (κ1) is 12.0. The Balaban J connectivity index is 1.85. The lowest BCUT2D eigenvalue weighted by Gasteiger charge is -2.12. The highest BCUT2D eigenvalue weighted by atomic mass is 19.1. The van der Waals surface area contributed by atoms with E-state index in [9.17, 15) is 9.18 Å². The van der Waals surface area contributed by atoms with E-state index < -0.39 is 24.5 Å². The summed E-state index contributed by atoms with van der Waals surface area (Å²) in [7, 11) is 0. The number of carbonyl (C=O) groups excluding carboxylic acids is 1. The Kier molecular flexibility index (Phi) is 3.71. The minimum atomic E-state index is -1.30. The number of ether oxygens (including phenoxy) is 2. The molecule has 0 bridgehead atoms. The van der Waals surface area contributed by atoms with Gasteiger partial charge in [-0.05, 0) is 12.1 Å². The second-order valence-electron chi connectivity index (χ2n) is 3.85. The van der Waals surface area contributed by atoms with Crippen LogP contribution in [0.25, 0.3) is 0 Å². The van der Waals surface area contributed by atoms with Gasteiger partial charge in [0.1, 0.15) is 18.9 Å². The third kappa shape index (κ3) is 3.01. The molecule has 1 heterocycles. The highest BCUT2D eigenvalue weighted by Gasteiger charge is 2.35. The SMILES string of the molecule is O=C(OC[C@H]1O[C@H](O)C[C@H]1F)c1ccccc1. The molecule has 0 amide bonds. The summed E-state index contributed by atoms with van der Waals surface area (Å²) in [6, 6.07) is 8.43. The van der Waals surface area contributed by atoms with Crippen LogP contribution in [0, 0.1) is 0 Å². The molecule has 1 aromatic carbocycles. The molecule has 2 rings (SSSR count). The Bertz CT molecular complexity index is 381. The molecule has 0 aliphatic carbocycles. The zero-order chi connectivity index (χ0) is 12.3. The van der Waals surface area contributed by atoms with E-state index in [1.54, 1.807) is 30.3 Å². The fourth-order valence-electron chi connectivity index (χ4n) is 1.65. The summed E-state index contributed by atoms with van der Waals surface area (Å²) >= 11 is 0. The van der Waals surface area contributed by atoms with Crippen LogP contribution in [0.4, 0.5) is 4.39 Å². The molecule has 1 saturated heterocycles. The molecule has 1 fully saturated rings. The number of alkyl halides is 1. The topological polar surface area (TPSA) is 55.8 Å². The molecule has 0 unspecified atom stereocenters. The van der Waals surface area contributed by atoms with Crippen molar-refractivity contribution in [2.45, 2.75) is 25.0 Å². The van der Waals surface area contributed by atoms with E-state index in [0.29, 0.717) is 5.56 Å². The van der Waals surface area contributed by atoms with Gasteiger partial charge in [-0.2, -0.15) is 0 Å². The summed E-state index contributed by atoms with van der Waals surface area (Å²) in [5, 5.41) is 9.05. The van der Waals surface area contributed by atoms with Gasteiger partial charge in [0.2, 0.25) is 0 Å². The second kappa shape index (κ2) is 5.25. The molecule has 4 nitrogen and oxygen atoms in total. The molecule has 1 aliphatic heterocycles. The fourth-order valence-corrected chi connectivity index (χ4v) is 1.65. The molecular formula is C12H13FO4. The van der Waals surface area contributed by atoms with E-state index in [0.717, 1.165) is 0 Å². The van der Waals surface area contributed by atoms with Gasteiger partial charge in [-0.3, -0.25) is 0 Å². The van der Waals surface area contributed by atoms with Gasteiger partial charge < -0.3 is 14.6 Å². The van der Waals surface area contributed by atoms with Gasteiger partial charge in [-0.25, -0.2) is 9.18 Å². The molecule has 1 aromatic rings. The van der Waals surface area contributed by atoms with Gasteiger partial charge in [0, 0.05) is 6.42 Å². The van der Waals surface area contributed by atoms with Crippen LogP contribution in [0.5, 0.6) is 0 Å². The number of esters is 1. The van der Waals surface area contributed by atoms with Crippen molar-refractivity contribution in [2.24, 2.45) is 0 Å². The van der Waals surface area contributed by atoms with Crippen LogP contribution in [-0.4, -0.2) is 36.2 Å². The van der Waals surface area contributed by atoms with Crippen molar-refractivity contribution in [1.82, 2.24) is 0 Å². The molecule has 17 heavy (non-hydrogen) atoms. The van der Waals surface area contributed by atoms with E-state index in [2.05, 4.69) is 0 Å². The molecule has 0 radical (unpaired) electrons. The second-order valence-corrected chi connectivity index (χ2v) is 3.85. The first-order valence-electron chi connectivity index (χ1n) is 5.36. The minimum Gasteiger partial charge on any atom is -0.459 e. The number of halogens is 1. The van der Waals surface area contributed by atoms with Gasteiger partial charge in [0.25, 0.3) is 0 Å². The smallest absolute Gasteiger partial charge is 0.338 e. The average molecular weight is 240 g/mol. The van der Waals surface area contributed by atoms with Crippen molar-refractivity contribution in [2.75, 3.05) is 6.61 Å². The number of benzene rings is 1. The Morgan fingerprint density at radius 2 is 2.18 bits per heavy atom. The van der Waals surface area contributed by atoms with Crippen LogP contribution in [-0.2, 0) is 9.47 Å². The zero-order valence-electron chi connectivity index (χ0n) is 9.08. The normalized spacial score (nSPS) is 28.0. The lowest BCUT2D eigenvalue weighted by molar-refractivity contribution is -0.106. The van der Waals surface area contributed by atoms with Crippen LogP contribution < -0.4 is 0 Å². The van der Waals surface area contributed by atoms with Crippen molar-refractivity contribution in [3.63, 3.8) is 0 Å². The Hall–Kier alpha value is -1.46. The summed E-state index contributed by atoms with van der Waals surface area (Å²) in [6.45, 7) is -0.189. The average Bonchev–Trinajstić information content (AvgIpc) is 2.66. The molecule has 0 spiro atoms. The van der Waals surface area contributed by atoms with E-state index in [1.807, 2.05) is 0 Å². The Morgan fingerprint density at radius 3 is 2.76 bits per heavy atom. The van der Waals surface area contributed by atoms with E-state index in [4.69, 9.17) is 14.6 Å². The molecule has 0 aromatic heterocycles. The predicted molar refractivity (Wildman–Crippen MR) is 57.1 cm³/mol. The van der Waals surface area contributed by atoms with Crippen molar-refractivity contribution in [1.29, 1.82) is 0 Å². The van der Waals surface area contributed by atoms with Crippen LogP contribution in [0.15, 0.2) is 30.3 Å². The predicted octanol–water partition coefficient (Wildman–Crippen LogP) is 1.29. The standard InChI is InChI=1S/C12H13FO4/c13-9-6-11(14)17-10(9)7-16-12(15)8-4-2-1-3-5-8/h1-5,9-11,14H,6-7H2/t9-,10-,11+/m1/s1.